The van der Waals surface area contributed by atoms with Gasteiger partial charge in [-0.15, -0.1) is 0 Å². The van der Waals surface area contributed by atoms with Crippen molar-refractivity contribution in [2.45, 2.75) is 6.42 Å². The lowest BCUT2D eigenvalue weighted by Crippen LogP contribution is -2.12. The molecule has 0 saturated heterocycles. The van der Waals surface area contributed by atoms with Crippen LogP contribution >= 0.6 is 0 Å². The summed E-state index contributed by atoms with van der Waals surface area (Å²) in [6, 6.07) is 5.31. The van der Waals surface area contributed by atoms with Gasteiger partial charge >= 0.3 is 0 Å². The predicted molar refractivity (Wildman–Crippen MR) is 56.9 cm³/mol. The third-order valence-electron chi connectivity index (χ3n) is 2.26. The highest BCUT2D eigenvalue weighted by Crippen LogP contribution is 2.15. The van der Waals surface area contributed by atoms with E-state index in [9.17, 15) is 4.79 Å². The van der Waals surface area contributed by atoms with Crippen LogP contribution in [0.4, 0.5) is 0 Å². The second kappa shape index (κ2) is 4.23. The highest BCUT2D eigenvalue weighted by atomic mass is 16.3. The van der Waals surface area contributed by atoms with E-state index in [1.165, 1.54) is 6.39 Å². The maximum atomic E-state index is 11.7. The van der Waals surface area contributed by atoms with Crippen molar-refractivity contribution in [1.29, 1.82) is 0 Å². The fraction of sp³-hybridized carbons (Fsp3) is 0.273. The molecule has 0 saturated carbocycles. The van der Waals surface area contributed by atoms with Crippen LogP contribution in [0, 0.1) is 0 Å². The number of Topliss-reactive ketones (excluding diaryl/α,β-unsaturated/α-hetero) is 1. The summed E-state index contributed by atoms with van der Waals surface area (Å²) in [5.41, 5.74) is 2.11. The molecule has 1 heterocycles. The fourth-order valence-corrected chi connectivity index (χ4v) is 1.41. The summed E-state index contributed by atoms with van der Waals surface area (Å²) in [4.78, 5) is 15.7. The molecule has 0 bridgehead atoms. The Kier molecular flexibility index (Phi) is 2.78. The molecule has 1 N–H and O–H groups in total. The Morgan fingerprint density at radius 1 is 1.53 bits per heavy atom. The molecule has 78 valence electrons. The largest absolute Gasteiger partial charge is 0.443 e. The third-order valence-corrected chi connectivity index (χ3v) is 2.26. The zero-order chi connectivity index (χ0) is 10.7. The highest BCUT2D eigenvalue weighted by Gasteiger charge is 2.07. The van der Waals surface area contributed by atoms with Crippen LogP contribution in [0.5, 0.6) is 0 Å². The minimum Gasteiger partial charge on any atom is -0.443 e. The van der Waals surface area contributed by atoms with Crippen molar-refractivity contribution >= 4 is 16.9 Å². The van der Waals surface area contributed by atoms with Crippen LogP contribution in [0.15, 0.2) is 29.0 Å². The van der Waals surface area contributed by atoms with E-state index in [0.29, 0.717) is 24.1 Å². The van der Waals surface area contributed by atoms with Gasteiger partial charge in [-0.05, 0) is 25.2 Å². The van der Waals surface area contributed by atoms with E-state index in [2.05, 4.69) is 10.3 Å². The van der Waals surface area contributed by atoms with E-state index in [4.69, 9.17) is 4.42 Å². The lowest BCUT2D eigenvalue weighted by atomic mass is 10.1. The molecule has 0 aliphatic heterocycles. The number of oxazole rings is 1. The quantitative estimate of drug-likeness (QED) is 0.769. The van der Waals surface area contributed by atoms with Gasteiger partial charge in [0.1, 0.15) is 5.52 Å². The molecular formula is C11H12N2O2. The van der Waals surface area contributed by atoms with Gasteiger partial charge in [-0.25, -0.2) is 4.98 Å². The average molecular weight is 204 g/mol. The van der Waals surface area contributed by atoms with Gasteiger partial charge in [-0.3, -0.25) is 4.79 Å². The van der Waals surface area contributed by atoms with Crippen molar-refractivity contribution in [2.24, 2.45) is 0 Å². The maximum Gasteiger partial charge on any atom is 0.181 e. The molecule has 4 nitrogen and oxygen atoms in total. The van der Waals surface area contributed by atoms with Crippen molar-refractivity contribution in [3.05, 3.63) is 30.2 Å². The number of benzene rings is 1. The van der Waals surface area contributed by atoms with E-state index in [1.54, 1.807) is 18.2 Å². The van der Waals surface area contributed by atoms with Gasteiger partial charge < -0.3 is 9.73 Å². The zero-order valence-electron chi connectivity index (χ0n) is 8.49. The number of hydrogen-bond donors (Lipinski definition) is 1. The second-order valence-electron chi connectivity index (χ2n) is 3.31. The summed E-state index contributed by atoms with van der Waals surface area (Å²) in [5, 5.41) is 2.94. The van der Waals surface area contributed by atoms with Crippen LogP contribution in [-0.4, -0.2) is 24.4 Å². The van der Waals surface area contributed by atoms with Crippen LogP contribution in [0.1, 0.15) is 16.8 Å². The monoisotopic (exact) mass is 204 g/mol. The smallest absolute Gasteiger partial charge is 0.181 e. The Labute approximate surface area is 87.3 Å². The van der Waals surface area contributed by atoms with Gasteiger partial charge in [-0.1, -0.05) is 0 Å². The molecule has 0 spiro atoms. The van der Waals surface area contributed by atoms with Gasteiger partial charge in [0, 0.05) is 18.5 Å². The number of rotatable bonds is 4. The number of carbonyl (C=O) groups is 1. The molecule has 0 amide bonds. The molecule has 0 atom stereocenters. The van der Waals surface area contributed by atoms with Gasteiger partial charge in [0.15, 0.2) is 17.8 Å². The summed E-state index contributed by atoms with van der Waals surface area (Å²) < 4.78 is 5.13. The normalized spacial score (nSPS) is 10.7. The van der Waals surface area contributed by atoms with Crippen LogP contribution in [-0.2, 0) is 0 Å². The summed E-state index contributed by atoms with van der Waals surface area (Å²) in [5.74, 6) is 0.114. The zero-order valence-corrected chi connectivity index (χ0v) is 8.49. The molecule has 1 aromatic carbocycles. The predicted octanol–water partition coefficient (Wildman–Crippen LogP) is 1.62. The van der Waals surface area contributed by atoms with E-state index < -0.39 is 0 Å². The molecule has 0 aliphatic carbocycles. The van der Waals surface area contributed by atoms with E-state index in [0.717, 1.165) is 5.52 Å². The molecule has 2 rings (SSSR count). The van der Waals surface area contributed by atoms with E-state index >= 15 is 0 Å². The first-order valence-electron chi connectivity index (χ1n) is 4.82. The summed E-state index contributed by atoms with van der Waals surface area (Å²) in [6.45, 7) is 0.688. The van der Waals surface area contributed by atoms with Gasteiger partial charge in [0.05, 0.1) is 0 Å². The number of carbonyl (C=O) groups excluding carboxylic acids is 1. The highest BCUT2D eigenvalue weighted by molar-refractivity contribution is 5.98. The lowest BCUT2D eigenvalue weighted by molar-refractivity contribution is 0.0983. The Morgan fingerprint density at radius 2 is 2.40 bits per heavy atom. The minimum atomic E-state index is 0.114. The number of nitrogens with one attached hydrogen (secondary N) is 1. The molecule has 0 fully saturated rings. The van der Waals surface area contributed by atoms with Crippen molar-refractivity contribution in [2.75, 3.05) is 13.6 Å². The lowest BCUT2D eigenvalue weighted by Gasteiger charge is -1.99. The van der Waals surface area contributed by atoms with E-state index in [-0.39, 0.29) is 5.78 Å². The molecule has 0 aliphatic rings. The average Bonchev–Trinajstić information content (AvgIpc) is 2.72. The number of ketones is 1. The number of nitrogens with zero attached hydrogens (tertiary/aromatic N) is 1. The second-order valence-corrected chi connectivity index (χ2v) is 3.31. The fourth-order valence-electron chi connectivity index (χ4n) is 1.41. The summed E-state index contributed by atoms with van der Waals surface area (Å²) >= 11 is 0. The Balaban J connectivity index is 2.23. The van der Waals surface area contributed by atoms with Gasteiger partial charge in [-0.2, -0.15) is 0 Å². The topological polar surface area (TPSA) is 55.1 Å². The molecule has 1 aromatic heterocycles. The Hall–Kier alpha value is -1.68. The van der Waals surface area contributed by atoms with Crippen LogP contribution in [0.3, 0.4) is 0 Å². The molecule has 0 unspecified atom stereocenters. The van der Waals surface area contributed by atoms with Crippen LogP contribution < -0.4 is 5.32 Å². The Morgan fingerprint density at radius 3 is 3.20 bits per heavy atom. The van der Waals surface area contributed by atoms with Crippen molar-refractivity contribution in [1.82, 2.24) is 10.3 Å². The number of fused-ring (bicyclic) bond motifs is 1. The van der Waals surface area contributed by atoms with E-state index in [1.807, 2.05) is 7.05 Å². The SMILES string of the molecule is CNCCC(=O)c1ccc2ncoc2c1. The molecule has 15 heavy (non-hydrogen) atoms. The van der Waals surface area contributed by atoms with Gasteiger partial charge in [0.25, 0.3) is 0 Å². The first-order valence-corrected chi connectivity index (χ1v) is 4.82. The molecule has 2 aromatic rings. The Bertz CT molecular complexity index is 476. The van der Waals surface area contributed by atoms with Gasteiger partial charge in [0.2, 0.25) is 0 Å². The van der Waals surface area contributed by atoms with Crippen molar-refractivity contribution in [3.63, 3.8) is 0 Å². The summed E-state index contributed by atoms with van der Waals surface area (Å²) in [7, 11) is 1.83. The van der Waals surface area contributed by atoms with Crippen LogP contribution in [0.25, 0.3) is 11.1 Å². The summed E-state index contributed by atoms with van der Waals surface area (Å²) in [6.07, 6.45) is 1.88. The number of hydrogen-bond acceptors (Lipinski definition) is 4. The molecule has 0 radical (unpaired) electrons. The first-order chi connectivity index (χ1) is 7.31. The molecular weight excluding hydrogens is 192 g/mol. The maximum absolute atomic E-state index is 11.7. The number of aromatic nitrogens is 1. The first kappa shape index (κ1) is 9.86. The minimum absolute atomic E-state index is 0.114. The molecule has 4 heteroatoms. The van der Waals surface area contributed by atoms with Crippen molar-refractivity contribution in [3.8, 4) is 0 Å². The van der Waals surface area contributed by atoms with Crippen LogP contribution in [0.2, 0.25) is 0 Å². The van der Waals surface area contributed by atoms with Crippen molar-refractivity contribution < 1.29 is 9.21 Å². The standard InChI is InChI=1S/C11H12N2O2/c1-12-5-4-10(14)8-2-3-9-11(6-8)15-7-13-9/h2-3,6-7,12H,4-5H2,1H3. The third kappa shape index (κ3) is 2.05.